The van der Waals surface area contributed by atoms with Crippen molar-refractivity contribution in [1.29, 1.82) is 0 Å². The molecule has 2 aromatic rings. The Morgan fingerprint density at radius 3 is 2.20 bits per heavy atom. The van der Waals surface area contributed by atoms with Gasteiger partial charge in [0, 0.05) is 30.6 Å². The molecule has 0 aliphatic heterocycles. The largest absolute Gasteiger partial charge is 0.326 e. The van der Waals surface area contributed by atoms with E-state index in [9.17, 15) is 18.0 Å². The van der Waals surface area contributed by atoms with Crippen molar-refractivity contribution in [2.75, 3.05) is 11.9 Å². The topological polar surface area (TPSA) is 92.3 Å². The highest BCUT2D eigenvalue weighted by Crippen LogP contribution is 2.14. The molecule has 0 saturated heterocycles. The summed E-state index contributed by atoms with van der Waals surface area (Å²) in [5, 5.41) is 2.73. The van der Waals surface area contributed by atoms with Gasteiger partial charge in [-0.05, 0) is 29.7 Å². The fraction of sp³-hybridized carbons (Fsp3) is 0.304. The molecule has 7 heteroatoms. The van der Waals surface area contributed by atoms with Gasteiger partial charge in [-0.2, -0.15) is 0 Å². The van der Waals surface area contributed by atoms with Gasteiger partial charge in [0.15, 0.2) is 5.78 Å². The maximum absolute atomic E-state index is 12.3. The Morgan fingerprint density at radius 1 is 0.967 bits per heavy atom. The van der Waals surface area contributed by atoms with Gasteiger partial charge in [-0.25, -0.2) is 13.1 Å². The summed E-state index contributed by atoms with van der Waals surface area (Å²) < 4.78 is 26.2. The lowest BCUT2D eigenvalue weighted by Crippen LogP contribution is -2.25. The first kappa shape index (κ1) is 23.5. The van der Waals surface area contributed by atoms with Crippen LogP contribution in [0.25, 0.3) is 0 Å². The fourth-order valence-electron chi connectivity index (χ4n) is 2.88. The number of carbonyl (C=O) groups is 2. The van der Waals surface area contributed by atoms with E-state index in [0.717, 1.165) is 12.8 Å². The summed E-state index contributed by atoms with van der Waals surface area (Å²) in [6.07, 6.45) is 3.72. The van der Waals surface area contributed by atoms with E-state index < -0.39 is 10.0 Å². The molecule has 1 amide bonds. The van der Waals surface area contributed by atoms with Crippen molar-refractivity contribution in [3.63, 3.8) is 0 Å². The molecule has 0 saturated carbocycles. The van der Waals surface area contributed by atoms with E-state index in [2.05, 4.69) is 23.5 Å². The zero-order valence-corrected chi connectivity index (χ0v) is 18.0. The average molecular weight is 429 g/mol. The van der Waals surface area contributed by atoms with Gasteiger partial charge < -0.3 is 5.32 Å². The number of ketones is 1. The summed E-state index contributed by atoms with van der Waals surface area (Å²) in [5.41, 5.74) is 2.96. The van der Waals surface area contributed by atoms with Crippen LogP contribution in [-0.4, -0.2) is 26.7 Å². The summed E-state index contributed by atoms with van der Waals surface area (Å²) in [4.78, 5) is 24.4. The van der Waals surface area contributed by atoms with Crippen molar-refractivity contribution in [1.82, 2.24) is 4.72 Å². The monoisotopic (exact) mass is 428 g/mol. The summed E-state index contributed by atoms with van der Waals surface area (Å²) >= 11 is 0. The third-order valence-corrected chi connectivity index (χ3v) is 5.76. The predicted octanol–water partition coefficient (Wildman–Crippen LogP) is 3.85. The number of benzene rings is 2. The predicted molar refractivity (Wildman–Crippen MR) is 120 cm³/mol. The lowest BCUT2D eigenvalue weighted by molar-refractivity contribution is -0.116. The molecule has 0 fully saturated rings. The number of nitrogens with one attached hydrogen (secondary N) is 2. The Kier molecular flexibility index (Phi) is 8.95. The quantitative estimate of drug-likeness (QED) is 0.397. The van der Waals surface area contributed by atoms with Crippen LogP contribution in [0.3, 0.4) is 0 Å². The highest BCUT2D eigenvalue weighted by atomic mass is 32.2. The Labute approximate surface area is 178 Å². The van der Waals surface area contributed by atoms with Gasteiger partial charge in [0.2, 0.25) is 15.9 Å². The molecule has 0 radical (unpaired) electrons. The van der Waals surface area contributed by atoms with E-state index in [1.54, 1.807) is 24.3 Å². The van der Waals surface area contributed by atoms with Crippen molar-refractivity contribution >= 4 is 27.4 Å². The first-order valence-electron chi connectivity index (χ1n) is 9.92. The Morgan fingerprint density at radius 2 is 1.60 bits per heavy atom. The van der Waals surface area contributed by atoms with E-state index in [1.807, 2.05) is 24.3 Å². The molecule has 2 rings (SSSR count). The molecular formula is C23H28N2O4S. The second-order valence-corrected chi connectivity index (χ2v) is 8.82. The minimum atomic E-state index is -3.43. The minimum Gasteiger partial charge on any atom is -0.326 e. The first-order valence-corrected chi connectivity index (χ1v) is 11.6. The van der Waals surface area contributed by atoms with Crippen LogP contribution in [0, 0.1) is 0 Å². The number of anilines is 1. The summed E-state index contributed by atoms with van der Waals surface area (Å²) in [6, 6.07) is 14.1. The number of amides is 1. The number of carbonyl (C=O) groups excluding carboxylic acids is 2. The van der Waals surface area contributed by atoms with Crippen molar-refractivity contribution in [2.45, 2.75) is 38.4 Å². The maximum atomic E-state index is 12.3. The second kappa shape index (κ2) is 11.4. The van der Waals surface area contributed by atoms with Gasteiger partial charge in [-0.15, -0.1) is 6.58 Å². The minimum absolute atomic E-state index is 0.0687. The number of rotatable bonds is 12. The number of Topliss-reactive ketones (excluding diaryl/α,β-unsaturated/α-hetero) is 1. The molecule has 160 valence electrons. The fourth-order valence-corrected chi connectivity index (χ4v) is 3.99. The van der Waals surface area contributed by atoms with Crippen molar-refractivity contribution in [2.24, 2.45) is 0 Å². The smallest absolute Gasteiger partial charge is 0.224 e. The van der Waals surface area contributed by atoms with Gasteiger partial charge in [0.05, 0.1) is 5.75 Å². The highest BCUT2D eigenvalue weighted by molar-refractivity contribution is 7.88. The molecule has 0 aromatic heterocycles. The van der Waals surface area contributed by atoms with E-state index in [-0.39, 0.29) is 36.8 Å². The zero-order chi connectivity index (χ0) is 22.0. The van der Waals surface area contributed by atoms with Crippen LogP contribution in [0.4, 0.5) is 5.69 Å². The first-order chi connectivity index (χ1) is 14.3. The Balaban J connectivity index is 1.83. The van der Waals surface area contributed by atoms with Gasteiger partial charge in [0.25, 0.3) is 0 Å². The third-order valence-electron chi connectivity index (χ3n) is 4.44. The Hall–Kier alpha value is -2.77. The number of aryl methyl sites for hydroxylation is 1. The summed E-state index contributed by atoms with van der Waals surface area (Å²) in [6.45, 7) is 5.76. The van der Waals surface area contributed by atoms with Crippen LogP contribution in [0.15, 0.2) is 61.2 Å². The lowest BCUT2D eigenvalue weighted by Gasteiger charge is -2.08. The SMILES string of the molecule is C=CCNS(=O)(=O)Cc1ccc(NC(=O)CCC(=O)c2ccc(CCC)cc2)cc1. The molecular weight excluding hydrogens is 400 g/mol. The molecule has 0 atom stereocenters. The van der Waals surface area contributed by atoms with E-state index in [0.29, 0.717) is 16.8 Å². The normalized spacial score (nSPS) is 11.1. The molecule has 2 aromatic carbocycles. The lowest BCUT2D eigenvalue weighted by atomic mass is 10.0. The molecule has 0 unspecified atom stereocenters. The molecule has 6 nitrogen and oxygen atoms in total. The molecule has 0 bridgehead atoms. The highest BCUT2D eigenvalue weighted by Gasteiger charge is 2.12. The van der Waals surface area contributed by atoms with Crippen LogP contribution >= 0.6 is 0 Å². The number of sulfonamides is 1. The molecule has 0 aliphatic carbocycles. The Bertz CT molecular complexity index is 965. The summed E-state index contributed by atoms with van der Waals surface area (Å²) in [5.74, 6) is -0.486. The van der Waals surface area contributed by atoms with Crippen LogP contribution in [-0.2, 0) is 27.0 Å². The van der Waals surface area contributed by atoms with Crippen molar-refractivity contribution < 1.29 is 18.0 Å². The van der Waals surface area contributed by atoms with Crippen LogP contribution in [0.5, 0.6) is 0 Å². The summed E-state index contributed by atoms with van der Waals surface area (Å²) in [7, 11) is -3.43. The zero-order valence-electron chi connectivity index (χ0n) is 17.2. The maximum Gasteiger partial charge on any atom is 0.224 e. The molecule has 30 heavy (non-hydrogen) atoms. The van der Waals surface area contributed by atoms with Gasteiger partial charge in [-0.1, -0.05) is 55.8 Å². The van der Waals surface area contributed by atoms with Crippen molar-refractivity contribution in [3.8, 4) is 0 Å². The van der Waals surface area contributed by atoms with E-state index in [4.69, 9.17) is 0 Å². The number of hydrogen-bond acceptors (Lipinski definition) is 4. The van der Waals surface area contributed by atoms with Crippen LogP contribution < -0.4 is 10.0 Å². The van der Waals surface area contributed by atoms with Gasteiger partial charge in [0.1, 0.15) is 0 Å². The van der Waals surface area contributed by atoms with Crippen LogP contribution in [0.2, 0.25) is 0 Å². The van der Waals surface area contributed by atoms with E-state index >= 15 is 0 Å². The molecule has 0 heterocycles. The number of hydrogen-bond donors (Lipinski definition) is 2. The molecule has 2 N–H and O–H groups in total. The second-order valence-electron chi connectivity index (χ2n) is 7.01. The van der Waals surface area contributed by atoms with Crippen LogP contribution in [0.1, 0.15) is 47.7 Å². The van der Waals surface area contributed by atoms with Gasteiger partial charge >= 0.3 is 0 Å². The average Bonchev–Trinajstić information content (AvgIpc) is 2.72. The molecule has 0 aliphatic rings. The molecule has 0 spiro atoms. The van der Waals surface area contributed by atoms with Gasteiger partial charge in [-0.3, -0.25) is 9.59 Å². The van der Waals surface area contributed by atoms with E-state index in [1.165, 1.54) is 11.6 Å². The third kappa shape index (κ3) is 7.93. The van der Waals surface area contributed by atoms with Crippen molar-refractivity contribution in [3.05, 3.63) is 77.9 Å². The standard InChI is InChI=1S/C23H28N2O4S/c1-3-5-18-6-10-20(11-7-18)22(26)14-15-23(27)25-21-12-8-19(9-13-21)17-30(28,29)24-16-4-2/h4,6-13,24H,2-3,5,14-17H2,1H3,(H,25,27).